The first-order chi connectivity index (χ1) is 6.83. The highest BCUT2D eigenvalue weighted by molar-refractivity contribution is 5.46. The van der Waals surface area contributed by atoms with Crippen molar-refractivity contribution >= 4 is 0 Å². The largest absolute Gasteiger partial charge is 0.453 e. The fraction of sp³-hybridized carbons (Fsp3) is 0.333. The van der Waals surface area contributed by atoms with Crippen LogP contribution in [-0.4, -0.2) is 13.4 Å². The third-order valence-corrected chi connectivity index (χ3v) is 2.05. The second-order valence-corrected chi connectivity index (χ2v) is 2.89. The molecule has 0 amide bonds. The Morgan fingerprint density at radius 2 is 2.29 bits per heavy atom. The summed E-state index contributed by atoms with van der Waals surface area (Å²) in [5.74, 6) is 5.09. The fourth-order valence-electron chi connectivity index (χ4n) is 1.34. The van der Waals surface area contributed by atoms with E-state index in [1.54, 1.807) is 12.1 Å². The molecule has 1 aromatic rings. The van der Waals surface area contributed by atoms with Crippen LogP contribution in [0.1, 0.15) is 5.56 Å². The minimum atomic E-state index is -0.392. The van der Waals surface area contributed by atoms with Gasteiger partial charge in [0.1, 0.15) is 0 Å². The van der Waals surface area contributed by atoms with Crippen LogP contribution in [0.5, 0.6) is 11.5 Å². The van der Waals surface area contributed by atoms with Crippen molar-refractivity contribution in [2.75, 3.05) is 13.4 Å². The normalized spacial score (nSPS) is 13.3. The third kappa shape index (κ3) is 1.51. The SMILES string of the molecule is NOCCc1ccc2c(c1F)OCO2. The van der Waals surface area contributed by atoms with Crippen molar-refractivity contribution < 1.29 is 18.7 Å². The zero-order valence-corrected chi connectivity index (χ0v) is 7.46. The maximum absolute atomic E-state index is 13.6. The number of hydrogen-bond acceptors (Lipinski definition) is 4. The minimum Gasteiger partial charge on any atom is -0.453 e. The summed E-state index contributed by atoms with van der Waals surface area (Å²) in [6.07, 6.45) is 0.416. The van der Waals surface area contributed by atoms with Gasteiger partial charge in [-0.25, -0.2) is 10.3 Å². The summed E-state index contributed by atoms with van der Waals surface area (Å²) in [5, 5.41) is 0. The van der Waals surface area contributed by atoms with E-state index in [0.717, 1.165) is 0 Å². The molecule has 1 aliphatic heterocycles. The van der Waals surface area contributed by atoms with Crippen LogP contribution >= 0.6 is 0 Å². The Morgan fingerprint density at radius 1 is 1.43 bits per heavy atom. The summed E-state index contributed by atoms with van der Waals surface area (Å²) >= 11 is 0. The van der Waals surface area contributed by atoms with Crippen molar-refractivity contribution in [1.82, 2.24) is 0 Å². The van der Waals surface area contributed by atoms with E-state index in [1.165, 1.54) is 0 Å². The van der Waals surface area contributed by atoms with E-state index in [0.29, 0.717) is 17.7 Å². The van der Waals surface area contributed by atoms with Crippen LogP contribution in [0.25, 0.3) is 0 Å². The molecule has 0 aliphatic carbocycles. The highest BCUT2D eigenvalue weighted by Crippen LogP contribution is 2.36. The summed E-state index contributed by atoms with van der Waals surface area (Å²) in [7, 11) is 0. The summed E-state index contributed by atoms with van der Waals surface area (Å²) < 4.78 is 23.6. The molecule has 76 valence electrons. The van der Waals surface area contributed by atoms with E-state index in [9.17, 15) is 4.39 Å². The fourth-order valence-corrected chi connectivity index (χ4v) is 1.34. The molecule has 0 fully saturated rings. The number of rotatable bonds is 3. The smallest absolute Gasteiger partial charge is 0.231 e. The first kappa shape index (κ1) is 9.23. The van der Waals surface area contributed by atoms with Crippen molar-refractivity contribution in [1.29, 1.82) is 0 Å². The Labute approximate surface area is 80.3 Å². The van der Waals surface area contributed by atoms with Crippen LogP contribution in [0.15, 0.2) is 12.1 Å². The lowest BCUT2D eigenvalue weighted by Gasteiger charge is -2.04. The first-order valence-electron chi connectivity index (χ1n) is 4.21. The molecular formula is C9H10FNO3. The van der Waals surface area contributed by atoms with E-state index < -0.39 is 5.82 Å². The summed E-state index contributed by atoms with van der Waals surface area (Å²) in [6.45, 7) is 0.347. The molecule has 4 nitrogen and oxygen atoms in total. The molecule has 2 rings (SSSR count). The zero-order chi connectivity index (χ0) is 9.97. The lowest BCUT2D eigenvalue weighted by molar-refractivity contribution is 0.140. The third-order valence-electron chi connectivity index (χ3n) is 2.05. The van der Waals surface area contributed by atoms with Gasteiger partial charge in [0.15, 0.2) is 11.6 Å². The Kier molecular flexibility index (Phi) is 2.51. The second kappa shape index (κ2) is 3.81. The predicted molar refractivity (Wildman–Crippen MR) is 46.4 cm³/mol. The standard InChI is InChI=1S/C9H10FNO3/c10-8-6(3-4-14-11)1-2-7-9(8)13-5-12-7/h1-2H,3-5,11H2. The van der Waals surface area contributed by atoms with Gasteiger partial charge in [0.05, 0.1) is 6.61 Å². The lowest BCUT2D eigenvalue weighted by atomic mass is 10.1. The number of halogens is 1. The first-order valence-corrected chi connectivity index (χ1v) is 4.21. The van der Waals surface area contributed by atoms with Gasteiger partial charge in [0, 0.05) is 6.42 Å². The van der Waals surface area contributed by atoms with Gasteiger partial charge in [0.2, 0.25) is 12.5 Å². The summed E-state index contributed by atoms with van der Waals surface area (Å²) in [5.41, 5.74) is 0.514. The van der Waals surface area contributed by atoms with Crippen molar-refractivity contribution in [3.8, 4) is 11.5 Å². The average Bonchev–Trinajstić information content (AvgIpc) is 2.66. The molecule has 0 spiro atoms. The molecule has 1 aromatic carbocycles. The highest BCUT2D eigenvalue weighted by Gasteiger charge is 2.20. The number of ether oxygens (including phenoxy) is 2. The van der Waals surface area contributed by atoms with Gasteiger partial charge in [0.25, 0.3) is 0 Å². The number of fused-ring (bicyclic) bond motifs is 1. The van der Waals surface area contributed by atoms with Crippen LogP contribution in [-0.2, 0) is 11.3 Å². The molecule has 0 aromatic heterocycles. The molecule has 14 heavy (non-hydrogen) atoms. The monoisotopic (exact) mass is 199 g/mol. The quantitative estimate of drug-likeness (QED) is 0.737. The molecule has 0 radical (unpaired) electrons. The maximum atomic E-state index is 13.6. The van der Waals surface area contributed by atoms with Crippen molar-refractivity contribution in [3.63, 3.8) is 0 Å². The van der Waals surface area contributed by atoms with Crippen LogP contribution in [0.3, 0.4) is 0 Å². The molecule has 1 aliphatic rings. The van der Waals surface area contributed by atoms with Crippen LogP contribution in [0.4, 0.5) is 4.39 Å². The molecule has 0 saturated heterocycles. The van der Waals surface area contributed by atoms with Crippen LogP contribution < -0.4 is 15.4 Å². The van der Waals surface area contributed by atoms with E-state index in [1.807, 2.05) is 0 Å². The van der Waals surface area contributed by atoms with Gasteiger partial charge in [-0.05, 0) is 11.6 Å². The van der Waals surface area contributed by atoms with Gasteiger partial charge in [-0.3, -0.25) is 0 Å². The number of benzene rings is 1. The average molecular weight is 199 g/mol. The van der Waals surface area contributed by atoms with Crippen LogP contribution in [0.2, 0.25) is 0 Å². The Bertz CT molecular complexity index is 343. The van der Waals surface area contributed by atoms with Gasteiger partial charge >= 0.3 is 0 Å². The highest BCUT2D eigenvalue weighted by atomic mass is 19.1. The topological polar surface area (TPSA) is 53.7 Å². The molecule has 0 atom stereocenters. The lowest BCUT2D eigenvalue weighted by Crippen LogP contribution is -2.05. The summed E-state index contributed by atoms with van der Waals surface area (Å²) in [4.78, 5) is 4.38. The molecule has 1 heterocycles. The van der Waals surface area contributed by atoms with Gasteiger partial charge in [-0.2, -0.15) is 0 Å². The van der Waals surface area contributed by atoms with E-state index >= 15 is 0 Å². The number of nitrogens with two attached hydrogens (primary N) is 1. The van der Waals surface area contributed by atoms with Gasteiger partial charge in [-0.15, -0.1) is 0 Å². The summed E-state index contributed by atoms with van der Waals surface area (Å²) in [6, 6.07) is 3.32. The van der Waals surface area contributed by atoms with Crippen molar-refractivity contribution in [2.24, 2.45) is 5.90 Å². The van der Waals surface area contributed by atoms with E-state index in [2.05, 4.69) is 4.84 Å². The van der Waals surface area contributed by atoms with Gasteiger partial charge in [-0.1, -0.05) is 6.07 Å². The number of hydrogen-bond donors (Lipinski definition) is 1. The minimum absolute atomic E-state index is 0.0725. The second-order valence-electron chi connectivity index (χ2n) is 2.89. The molecule has 2 N–H and O–H groups in total. The van der Waals surface area contributed by atoms with E-state index in [4.69, 9.17) is 15.4 Å². The predicted octanol–water partition coefficient (Wildman–Crippen LogP) is 0.987. The molecule has 0 bridgehead atoms. The molecular weight excluding hydrogens is 189 g/mol. The van der Waals surface area contributed by atoms with Crippen LogP contribution in [0, 0.1) is 5.82 Å². The van der Waals surface area contributed by atoms with E-state index in [-0.39, 0.29) is 19.1 Å². The maximum Gasteiger partial charge on any atom is 0.231 e. The molecule has 5 heteroatoms. The van der Waals surface area contributed by atoms with Gasteiger partial charge < -0.3 is 14.3 Å². The molecule has 0 unspecified atom stereocenters. The van der Waals surface area contributed by atoms with Crippen molar-refractivity contribution in [3.05, 3.63) is 23.5 Å². The zero-order valence-electron chi connectivity index (χ0n) is 7.46. The van der Waals surface area contributed by atoms with Crippen molar-refractivity contribution in [2.45, 2.75) is 6.42 Å². The Morgan fingerprint density at radius 3 is 3.07 bits per heavy atom. The Hall–Kier alpha value is -1.33. The Balaban J connectivity index is 2.26. The molecule has 0 saturated carbocycles.